The largest absolute Gasteiger partial charge is 0.274 e. The molecule has 0 aliphatic rings. The Bertz CT molecular complexity index is 994. The summed E-state index contributed by atoms with van der Waals surface area (Å²) < 4.78 is 1.78. The molecule has 3 heterocycles. The number of pyridine rings is 1. The van der Waals surface area contributed by atoms with Crippen molar-refractivity contribution in [2.75, 3.05) is 0 Å². The van der Waals surface area contributed by atoms with E-state index in [1.165, 1.54) is 6.33 Å². The maximum atomic E-state index is 6.01. The van der Waals surface area contributed by atoms with Crippen molar-refractivity contribution in [2.24, 2.45) is 7.05 Å². The normalized spacial score (nSPS) is 11.0. The quantitative estimate of drug-likeness (QED) is 0.564. The van der Waals surface area contributed by atoms with Crippen molar-refractivity contribution in [2.45, 2.75) is 0 Å². The van der Waals surface area contributed by atoms with E-state index in [0.29, 0.717) is 16.1 Å². The third-order valence-electron chi connectivity index (χ3n) is 3.57. The topological polar surface area (TPSA) is 56.5 Å². The average molecular weight is 322 g/mol. The predicted octanol–water partition coefficient (Wildman–Crippen LogP) is 3.75. The lowest BCUT2D eigenvalue weighted by molar-refractivity contribution is 0.771. The number of aromatic nitrogens is 5. The van der Waals surface area contributed by atoms with Crippen LogP contribution in [0.1, 0.15) is 0 Å². The fraction of sp³-hybridized carbons (Fsp3) is 0.0588. The number of hydrogen-bond acceptors (Lipinski definition) is 4. The summed E-state index contributed by atoms with van der Waals surface area (Å²) >= 11 is 6.01. The molecule has 23 heavy (non-hydrogen) atoms. The lowest BCUT2D eigenvalue weighted by Crippen LogP contribution is -1.92. The Hall–Kier alpha value is -2.79. The molecule has 0 bridgehead atoms. The Morgan fingerprint density at radius 3 is 2.65 bits per heavy atom. The zero-order chi connectivity index (χ0) is 15.8. The van der Waals surface area contributed by atoms with Gasteiger partial charge >= 0.3 is 0 Å². The van der Waals surface area contributed by atoms with Crippen molar-refractivity contribution in [3.05, 3.63) is 60.1 Å². The van der Waals surface area contributed by atoms with Gasteiger partial charge in [-0.15, -0.1) is 0 Å². The number of benzene rings is 1. The first kappa shape index (κ1) is 13.8. The molecule has 0 fully saturated rings. The van der Waals surface area contributed by atoms with Crippen molar-refractivity contribution in [1.29, 1.82) is 0 Å². The minimum atomic E-state index is 0.552. The van der Waals surface area contributed by atoms with Crippen LogP contribution in [0.3, 0.4) is 0 Å². The van der Waals surface area contributed by atoms with Gasteiger partial charge in [0.1, 0.15) is 23.2 Å². The molecule has 4 rings (SSSR count). The van der Waals surface area contributed by atoms with E-state index in [2.05, 4.69) is 20.1 Å². The molecule has 0 aliphatic heterocycles. The summed E-state index contributed by atoms with van der Waals surface area (Å²) in [4.78, 5) is 13.1. The molecule has 0 spiro atoms. The number of aryl methyl sites for hydroxylation is 1. The van der Waals surface area contributed by atoms with Crippen LogP contribution in [-0.4, -0.2) is 24.7 Å². The highest BCUT2D eigenvalue weighted by Crippen LogP contribution is 2.32. The second-order valence-corrected chi connectivity index (χ2v) is 5.61. The molecular formula is C17H12ClN5. The predicted molar refractivity (Wildman–Crippen MR) is 90.0 cm³/mol. The first-order chi connectivity index (χ1) is 11.2. The van der Waals surface area contributed by atoms with Crippen LogP contribution in [0, 0.1) is 0 Å². The van der Waals surface area contributed by atoms with E-state index in [1.54, 1.807) is 16.9 Å². The summed E-state index contributed by atoms with van der Waals surface area (Å²) in [5, 5.41) is 5.14. The molecule has 1 aromatic carbocycles. The number of fused-ring (bicyclic) bond motifs is 1. The second-order valence-electron chi connectivity index (χ2n) is 5.17. The summed E-state index contributed by atoms with van der Waals surface area (Å²) in [5.74, 6) is 0. The second kappa shape index (κ2) is 5.44. The van der Waals surface area contributed by atoms with Crippen molar-refractivity contribution in [3.8, 4) is 22.5 Å². The van der Waals surface area contributed by atoms with E-state index in [9.17, 15) is 0 Å². The Labute approximate surface area is 137 Å². The van der Waals surface area contributed by atoms with Gasteiger partial charge in [0.2, 0.25) is 0 Å². The summed E-state index contributed by atoms with van der Waals surface area (Å²) in [5.41, 5.74) is 4.99. The van der Waals surface area contributed by atoms with Crippen LogP contribution in [0.5, 0.6) is 0 Å². The molecule has 0 N–H and O–H groups in total. The van der Waals surface area contributed by atoms with Crippen LogP contribution in [-0.2, 0) is 7.05 Å². The van der Waals surface area contributed by atoms with E-state index < -0.39 is 0 Å². The van der Waals surface area contributed by atoms with E-state index in [-0.39, 0.29) is 0 Å². The molecule has 0 saturated carbocycles. The molecule has 112 valence electrons. The van der Waals surface area contributed by atoms with Gasteiger partial charge in [0.25, 0.3) is 0 Å². The number of rotatable bonds is 2. The minimum Gasteiger partial charge on any atom is -0.274 e. The SMILES string of the molecule is Cn1cc(-c2ncnc3cc(Cl)cnc23)c(-c2ccccc2)n1. The third kappa shape index (κ3) is 2.45. The molecule has 3 aromatic heterocycles. The van der Waals surface area contributed by atoms with Crippen molar-refractivity contribution in [1.82, 2.24) is 24.7 Å². The van der Waals surface area contributed by atoms with Crippen LogP contribution in [0.2, 0.25) is 5.02 Å². The zero-order valence-electron chi connectivity index (χ0n) is 12.3. The Balaban J connectivity index is 1.99. The van der Waals surface area contributed by atoms with Gasteiger partial charge in [-0.3, -0.25) is 9.67 Å². The van der Waals surface area contributed by atoms with Gasteiger partial charge in [-0.25, -0.2) is 9.97 Å². The Morgan fingerprint density at radius 1 is 1.00 bits per heavy atom. The molecule has 4 aromatic rings. The molecule has 0 amide bonds. The maximum absolute atomic E-state index is 6.01. The van der Waals surface area contributed by atoms with Crippen molar-refractivity contribution in [3.63, 3.8) is 0 Å². The molecule has 0 saturated heterocycles. The molecule has 0 aliphatic carbocycles. The van der Waals surface area contributed by atoms with Crippen LogP contribution in [0.4, 0.5) is 0 Å². The molecular weight excluding hydrogens is 310 g/mol. The van der Waals surface area contributed by atoms with Gasteiger partial charge < -0.3 is 0 Å². The van der Waals surface area contributed by atoms with Gasteiger partial charge in [-0.2, -0.15) is 5.10 Å². The van der Waals surface area contributed by atoms with E-state index >= 15 is 0 Å². The fourth-order valence-corrected chi connectivity index (χ4v) is 2.74. The first-order valence-corrected chi connectivity index (χ1v) is 7.46. The van der Waals surface area contributed by atoms with Crippen molar-refractivity contribution < 1.29 is 0 Å². The highest BCUT2D eigenvalue weighted by Gasteiger charge is 2.16. The molecule has 0 unspecified atom stereocenters. The third-order valence-corrected chi connectivity index (χ3v) is 3.78. The van der Waals surface area contributed by atoms with Gasteiger partial charge in [0.15, 0.2) is 0 Å². The number of nitrogens with zero attached hydrogens (tertiary/aromatic N) is 5. The molecule has 5 nitrogen and oxygen atoms in total. The maximum Gasteiger partial charge on any atom is 0.116 e. The van der Waals surface area contributed by atoms with Crippen LogP contribution in [0.25, 0.3) is 33.5 Å². The fourth-order valence-electron chi connectivity index (χ4n) is 2.59. The van der Waals surface area contributed by atoms with Gasteiger partial charge in [0.05, 0.1) is 10.5 Å². The van der Waals surface area contributed by atoms with Gasteiger partial charge in [0, 0.05) is 30.6 Å². The van der Waals surface area contributed by atoms with Crippen LogP contribution in [0.15, 0.2) is 55.1 Å². The lowest BCUT2D eigenvalue weighted by atomic mass is 10.0. The monoisotopic (exact) mass is 321 g/mol. The molecule has 0 radical (unpaired) electrons. The summed E-state index contributed by atoms with van der Waals surface area (Å²) in [6, 6.07) is 11.8. The smallest absolute Gasteiger partial charge is 0.116 e. The van der Waals surface area contributed by atoms with Crippen molar-refractivity contribution >= 4 is 22.6 Å². The van der Waals surface area contributed by atoms with E-state index in [0.717, 1.165) is 22.5 Å². The standard InChI is InChI=1S/C17H12ClN5/c1-23-9-13(15(22-23)11-5-3-2-4-6-11)16-17-14(20-10-21-16)7-12(18)8-19-17/h2-10H,1H3. The highest BCUT2D eigenvalue weighted by atomic mass is 35.5. The summed E-state index contributed by atoms with van der Waals surface area (Å²) in [6.45, 7) is 0. The van der Waals surface area contributed by atoms with E-state index in [1.807, 2.05) is 43.6 Å². The number of hydrogen-bond donors (Lipinski definition) is 0. The van der Waals surface area contributed by atoms with Crippen LogP contribution < -0.4 is 0 Å². The molecule has 0 atom stereocenters. The highest BCUT2D eigenvalue weighted by molar-refractivity contribution is 6.31. The average Bonchev–Trinajstić information content (AvgIpc) is 2.96. The van der Waals surface area contributed by atoms with Crippen LogP contribution >= 0.6 is 11.6 Å². The van der Waals surface area contributed by atoms with E-state index in [4.69, 9.17) is 11.6 Å². The summed E-state index contributed by atoms with van der Waals surface area (Å²) in [7, 11) is 1.89. The lowest BCUT2D eigenvalue weighted by Gasteiger charge is -2.05. The molecule has 6 heteroatoms. The number of halogens is 1. The van der Waals surface area contributed by atoms with Gasteiger partial charge in [-0.05, 0) is 6.07 Å². The van der Waals surface area contributed by atoms with Gasteiger partial charge in [-0.1, -0.05) is 41.9 Å². The Kier molecular flexibility index (Phi) is 3.28. The Morgan fingerprint density at radius 2 is 1.83 bits per heavy atom. The minimum absolute atomic E-state index is 0.552. The zero-order valence-corrected chi connectivity index (χ0v) is 13.1. The summed E-state index contributed by atoms with van der Waals surface area (Å²) in [6.07, 6.45) is 5.08. The first-order valence-electron chi connectivity index (χ1n) is 7.08.